The van der Waals surface area contributed by atoms with Gasteiger partial charge in [0.1, 0.15) is 0 Å². The fraction of sp³-hybridized carbons (Fsp3) is 0.476. The lowest BCUT2D eigenvalue weighted by molar-refractivity contribution is -0.121. The fourth-order valence-corrected chi connectivity index (χ4v) is 2.68. The Morgan fingerprint density at radius 2 is 1.93 bits per heavy atom. The number of rotatable bonds is 10. The molecule has 160 valence electrons. The van der Waals surface area contributed by atoms with E-state index in [4.69, 9.17) is 0 Å². The number of halogens is 1. The molecule has 1 aromatic heterocycles. The molecular weight excluding hydrogens is 479 g/mol. The summed E-state index contributed by atoms with van der Waals surface area (Å²) >= 11 is 0. The molecule has 8 heteroatoms. The Hall–Kier alpha value is -2.10. The van der Waals surface area contributed by atoms with Gasteiger partial charge in [0.05, 0.1) is 13.1 Å². The summed E-state index contributed by atoms with van der Waals surface area (Å²) in [5.41, 5.74) is 2.35. The van der Waals surface area contributed by atoms with Crippen molar-refractivity contribution in [2.24, 2.45) is 4.99 Å². The number of hydrogen-bond acceptors (Lipinski definition) is 3. The van der Waals surface area contributed by atoms with Crippen LogP contribution in [0.1, 0.15) is 44.7 Å². The van der Waals surface area contributed by atoms with Gasteiger partial charge in [-0.15, -0.1) is 24.0 Å². The van der Waals surface area contributed by atoms with E-state index in [2.05, 4.69) is 45.1 Å². The summed E-state index contributed by atoms with van der Waals surface area (Å²) in [6.07, 6.45) is 5.09. The van der Waals surface area contributed by atoms with Crippen molar-refractivity contribution >= 4 is 35.8 Å². The zero-order valence-corrected chi connectivity index (χ0v) is 19.8. The maximum absolute atomic E-state index is 11.9. The van der Waals surface area contributed by atoms with E-state index in [9.17, 15) is 4.79 Å². The van der Waals surface area contributed by atoms with Crippen molar-refractivity contribution in [1.82, 2.24) is 25.7 Å². The quantitative estimate of drug-likeness (QED) is 0.260. The van der Waals surface area contributed by atoms with Gasteiger partial charge in [-0.05, 0) is 37.5 Å². The number of aliphatic imine (C=N–C) groups is 1. The molecule has 7 nitrogen and oxygen atoms in total. The van der Waals surface area contributed by atoms with Gasteiger partial charge < -0.3 is 16.0 Å². The van der Waals surface area contributed by atoms with E-state index in [0.29, 0.717) is 25.5 Å². The summed E-state index contributed by atoms with van der Waals surface area (Å²) < 4.78 is 1.90. The van der Waals surface area contributed by atoms with Crippen LogP contribution in [0.4, 0.5) is 0 Å². The van der Waals surface area contributed by atoms with Crippen molar-refractivity contribution < 1.29 is 4.79 Å². The first-order valence-corrected chi connectivity index (χ1v) is 9.98. The lowest BCUT2D eigenvalue weighted by atomic mass is 10.1. The zero-order chi connectivity index (χ0) is 20.2. The molecule has 0 saturated carbocycles. The third-order valence-corrected chi connectivity index (χ3v) is 4.43. The summed E-state index contributed by atoms with van der Waals surface area (Å²) in [6, 6.07) is 10.4. The van der Waals surface area contributed by atoms with Crippen LogP contribution in [0.2, 0.25) is 0 Å². The second-order valence-electron chi connectivity index (χ2n) is 6.72. The normalized spacial score (nSPS) is 12.0. The molecular formula is C21H33IN6O. The number of nitrogens with zero attached hydrogens (tertiary/aromatic N) is 3. The first-order chi connectivity index (χ1) is 13.6. The number of nitrogens with one attached hydrogen (secondary N) is 3. The molecule has 1 amide bonds. The fourth-order valence-electron chi connectivity index (χ4n) is 2.68. The van der Waals surface area contributed by atoms with Crippen LogP contribution in [0.15, 0.2) is 47.7 Å². The van der Waals surface area contributed by atoms with Crippen molar-refractivity contribution in [1.29, 1.82) is 0 Å². The van der Waals surface area contributed by atoms with E-state index in [1.54, 1.807) is 6.20 Å². The number of guanidine groups is 1. The minimum absolute atomic E-state index is 0. The minimum Gasteiger partial charge on any atom is -0.357 e. The van der Waals surface area contributed by atoms with Gasteiger partial charge in [0.25, 0.3) is 0 Å². The van der Waals surface area contributed by atoms with Gasteiger partial charge in [0, 0.05) is 37.9 Å². The van der Waals surface area contributed by atoms with Crippen LogP contribution in [0.3, 0.4) is 0 Å². The molecule has 1 atom stereocenters. The van der Waals surface area contributed by atoms with Gasteiger partial charge >= 0.3 is 0 Å². The van der Waals surface area contributed by atoms with Gasteiger partial charge in [0.2, 0.25) is 5.91 Å². The highest BCUT2D eigenvalue weighted by Gasteiger charge is 2.07. The number of carbonyl (C=O) groups is 1. The third-order valence-electron chi connectivity index (χ3n) is 4.43. The Balaban J connectivity index is 0.00000420. The highest BCUT2D eigenvalue weighted by Crippen LogP contribution is 2.11. The number of benzene rings is 1. The van der Waals surface area contributed by atoms with Crippen molar-refractivity contribution in [2.45, 2.75) is 52.7 Å². The monoisotopic (exact) mass is 512 g/mol. The Labute approximate surface area is 190 Å². The summed E-state index contributed by atoms with van der Waals surface area (Å²) in [7, 11) is 0. The summed E-state index contributed by atoms with van der Waals surface area (Å²) in [4.78, 5) is 16.6. The van der Waals surface area contributed by atoms with Crippen molar-refractivity contribution in [3.05, 3.63) is 53.9 Å². The molecule has 0 radical (unpaired) electrons. The number of carbonyl (C=O) groups excluding carboxylic acids is 1. The Bertz CT molecular complexity index is 747. The Kier molecular flexibility index (Phi) is 12.0. The molecule has 0 fully saturated rings. The second-order valence-corrected chi connectivity index (χ2v) is 6.72. The average molecular weight is 512 g/mol. The third kappa shape index (κ3) is 9.29. The molecule has 0 aliphatic heterocycles. The standard InChI is InChI=1S/C21H32N6O.HI/c1-4-17(3)26-20(28)11-13-23-21(22-5-2)24-15-18-9-6-7-10-19(18)16-27-14-8-12-25-27;/h6-10,12,14,17H,4-5,11,13,15-16H2,1-3H3,(H,26,28)(H2,22,23,24);1H. The van der Waals surface area contributed by atoms with Crippen LogP contribution in [0.25, 0.3) is 0 Å². The Morgan fingerprint density at radius 1 is 1.17 bits per heavy atom. The molecule has 0 aliphatic carbocycles. The van der Waals surface area contributed by atoms with Crippen LogP contribution in [0.5, 0.6) is 0 Å². The first-order valence-electron chi connectivity index (χ1n) is 9.98. The van der Waals surface area contributed by atoms with Crippen LogP contribution < -0.4 is 16.0 Å². The predicted octanol–water partition coefficient (Wildman–Crippen LogP) is 2.91. The van der Waals surface area contributed by atoms with E-state index in [1.807, 2.05) is 42.9 Å². The number of amides is 1. The van der Waals surface area contributed by atoms with E-state index in [1.165, 1.54) is 5.56 Å². The molecule has 29 heavy (non-hydrogen) atoms. The van der Waals surface area contributed by atoms with Crippen molar-refractivity contribution in [3.63, 3.8) is 0 Å². The molecule has 1 heterocycles. The van der Waals surface area contributed by atoms with E-state index in [0.717, 1.165) is 25.1 Å². The highest BCUT2D eigenvalue weighted by molar-refractivity contribution is 14.0. The van der Waals surface area contributed by atoms with Gasteiger partial charge in [-0.3, -0.25) is 9.48 Å². The summed E-state index contributed by atoms with van der Waals surface area (Å²) in [6.45, 7) is 8.69. The molecule has 0 aliphatic rings. The molecule has 0 bridgehead atoms. The smallest absolute Gasteiger partial charge is 0.221 e. The van der Waals surface area contributed by atoms with Crippen LogP contribution in [-0.4, -0.2) is 40.8 Å². The van der Waals surface area contributed by atoms with Gasteiger partial charge in [-0.25, -0.2) is 4.99 Å². The maximum atomic E-state index is 11.9. The van der Waals surface area contributed by atoms with Gasteiger partial charge in [-0.1, -0.05) is 31.2 Å². The van der Waals surface area contributed by atoms with Crippen LogP contribution in [0, 0.1) is 0 Å². The Morgan fingerprint density at radius 3 is 2.59 bits per heavy atom. The topological polar surface area (TPSA) is 83.3 Å². The lowest BCUT2D eigenvalue weighted by Gasteiger charge is -2.14. The predicted molar refractivity (Wildman–Crippen MR) is 129 cm³/mol. The lowest BCUT2D eigenvalue weighted by Crippen LogP contribution is -2.40. The average Bonchev–Trinajstić information content (AvgIpc) is 3.20. The molecule has 3 N–H and O–H groups in total. The molecule has 0 saturated heterocycles. The van der Waals surface area contributed by atoms with Crippen LogP contribution >= 0.6 is 24.0 Å². The van der Waals surface area contributed by atoms with E-state index in [-0.39, 0.29) is 35.9 Å². The van der Waals surface area contributed by atoms with Gasteiger partial charge in [-0.2, -0.15) is 5.10 Å². The number of aromatic nitrogens is 2. The number of hydrogen-bond donors (Lipinski definition) is 3. The molecule has 1 aromatic carbocycles. The van der Waals surface area contributed by atoms with Gasteiger partial charge in [0.15, 0.2) is 5.96 Å². The molecule has 0 spiro atoms. The molecule has 1 unspecified atom stereocenters. The van der Waals surface area contributed by atoms with Crippen molar-refractivity contribution in [3.8, 4) is 0 Å². The molecule has 2 rings (SSSR count). The van der Waals surface area contributed by atoms with E-state index >= 15 is 0 Å². The van der Waals surface area contributed by atoms with Crippen LogP contribution in [-0.2, 0) is 17.9 Å². The first kappa shape index (κ1) is 24.9. The SMILES string of the molecule is CCNC(=NCc1ccccc1Cn1cccn1)NCCC(=O)NC(C)CC.I. The highest BCUT2D eigenvalue weighted by atomic mass is 127. The molecule has 2 aromatic rings. The zero-order valence-electron chi connectivity index (χ0n) is 17.5. The maximum Gasteiger partial charge on any atom is 0.221 e. The summed E-state index contributed by atoms with van der Waals surface area (Å²) in [5.74, 6) is 0.773. The summed E-state index contributed by atoms with van der Waals surface area (Å²) in [5, 5.41) is 13.7. The minimum atomic E-state index is 0. The second kappa shape index (κ2) is 14.0. The van der Waals surface area contributed by atoms with Crippen molar-refractivity contribution in [2.75, 3.05) is 13.1 Å². The van der Waals surface area contributed by atoms with E-state index < -0.39 is 0 Å². The largest absolute Gasteiger partial charge is 0.357 e.